The number of benzene rings is 1. The van der Waals surface area contributed by atoms with Gasteiger partial charge in [-0.05, 0) is 6.92 Å². The van der Waals surface area contributed by atoms with E-state index in [-0.39, 0.29) is 18.6 Å². The normalized spacial score (nSPS) is 10.9. The maximum atomic E-state index is 13.8. The Balaban J connectivity index is 2.01. The van der Waals surface area contributed by atoms with Crippen LogP contribution < -0.4 is 10.9 Å². The molecule has 25 heavy (non-hydrogen) atoms. The lowest BCUT2D eigenvalue weighted by Gasteiger charge is -2.04. The summed E-state index contributed by atoms with van der Waals surface area (Å²) < 4.78 is 32.2. The van der Waals surface area contributed by atoms with Crippen LogP contribution >= 0.6 is 11.3 Å². The molecule has 0 unspecified atom stereocenters. The van der Waals surface area contributed by atoms with Crippen LogP contribution in [0.15, 0.2) is 22.6 Å². The highest BCUT2D eigenvalue weighted by atomic mass is 32.1. The van der Waals surface area contributed by atoms with Gasteiger partial charge in [0.05, 0.1) is 24.9 Å². The number of ether oxygens (including phenoxy) is 1. The van der Waals surface area contributed by atoms with Crippen molar-refractivity contribution in [3.8, 4) is 0 Å². The molecule has 3 N–H and O–H groups in total. The summed E-state index contributed by atoms with van der Waals surface area (Å²) in [6.45, 7) is 1.99. The molecule has 0 bridgehead atoms. The molecule has 7 nitrogen and oxygen atoms in total. The molecule has 132 valence electrons. The summed E-state index contributed by atoms with van der Waals surface area (Å²) in [5, 5.41) is 23.6. The molecule has 0 aliphatic carbocycles. The maximum absolute atomic E-state index is 13.8. The minimum Gasteiger partial charge on any atom is -0.466 e. The standard InChI is InChI=1S/C14H14BF2N3O4S/c1-2-24-11(21)5-9-7-25-14(19-9)20-18-6-8-3-4-10(15(22)23)13(17)12(8)16/h3-4,6-7,22-23H,2,5H2,1H3,(H,19,20). The second-order valence-electron chi connectivity index (χ2n) is 4.74. The van der Waals surface area contributed by atoms with Gasteiger partial charge in [-0.3, -0.25) is 10.2 Å². The quantitative estimate of drug-likeness (QED) is 0.287. The smallest absolute Gasteiger partial charge is 0.466 e. The topological polar surface area (TPSA) is 104 Å². The molecule has 0 atom stereocenters. The molecule has 11 heteroatoms. The van der Waals surface area contributed by atoms with Crippen molar-refractivity contribution in [2.24, 2.45) is 5.10 Å². The lowest BCUT2D eigenvalue weighted by Crippen LogP contribution is -2.33. The molecule has 0 aliphatic heterocycles. The Labute approximate surface area is 146 Å². The van der Waals surface area contributed by atoms with Crippen molar-refractivity contribution in [1.29, 1.82) is 0 Å². The maximum Gasteiger partial charge on any atom is 0.491 e. The Morgan fingerprint density at radius 3 is 2.88 bits per heavy atom. The van der Waals surface area contributed by atoms with Crippen LogP contribution in [0, 0.1) is 11.6 Å². The summed E-state index contributed by atoms with van der Waals surface area (Å²) in [6.07, 6.45) is 1.05. The summed E-state index contributed by atoms with van der Waals surface area (Å²) in [4.78, 5) is 15.4. The van der Waals surface area contributed by atoms with Gasteiger partial charge in [0.25, 0.3) is 0 Å². The monoisotopic (exact) mass is 369 g/mol. The van der Waals surface area contributed by atoms with Crippen LogP contribution in [0.1, 0.15) is 18.2 Å². The Morgan fingerprint density at radius 1 is 1.44 bits per heavy atom. The fourth-order valence-electron chi connectivity index (χ4n) is 1.83. The lowest BCUT2D eigenvalue weighted by molar-refractivity contribution is -0.142. The predicted molar refractivity (Wildman–Crippen MR) is 89.9 cm³/mol. The van der Waals surface area contributed by atoms with Crippen molar-refractivity contribution in [1.82, 2.24) is 4.98 Å². The third-order valence-electron chi connectivity index (χ3n) is 2.97. The first-order valence-corrected chi connectivity index (χ1v) is 8.03. The number of nitrogens with zero attached hydrogens (tertiary/aromatic N) is 2. The number of anilines is 1. The van der Waals surface area contributed by atoms with Crippen LogP contribution in [0.4, 0.5) is 13.9 Å². The molecule has 0 saturated heterocycles. The molecule has 1 heterocycles. The fraction of sp³-hybridized carbons (Fsp3) is 0.214. The molecular formula is C14H14BF2N3O4S. The average molecular weight is 369 g/mol. The van der Waals surface area contributed by atoms with Gasteiger partial charge in [-0.25, -0.2) is 13.8 Å². The number of halogens is 2. The molecule has 0 fully saturated rings. The number of hydrogen-bond donors (Lipinski definition) is 3. The minimum absolute atomic E-state index is 0.0283. The highest BCUT2D eigenvalue weighted by Crippen LogP contribution is 2.16. The highest BCUT2D eigenvalue weighted by Gasteiger charge is 2.21. The van der Waals surface area contributed by atoms with Crippen LogP contribution in [0.3, 0.4) is 0 Å². The van der Waals surface area contributed by atoms with Crippen molar-refractivity contribution < 1.29 is 28.4 Å². The largest absolute Gasteiger partial charge is 0.491 e. The molecule has 2 rings (SSSR count). The predicted octanol–water partition coefficient (Wildman–Crippen LogP) is 0.653. The molecule has 0 radical (unpaired) electrons. The van der Waals surface area contributed by atoms with Gasteiger partial charge in [0, 0.05) is 16.4 Å². The second-order valence-corrected chi connectivity index (χ2v) is 5.60. The first-order chi connectivity index (χ1) is 11.9. The zero-order valence-corrected chi connectivity index (χ0v) is 13.9. The lowest BCUT2D eigenvalue weighted by atomic mass is 9.79. The van der Waals surface area contributed by atoms with Crippen molar-refractivity contribution in [2.45, 2.75) is 13.3 Å². The molecule has 1 aromatic carbocycles. The first kappa shape index (κ1) is 19.0. The Morgan fingerprint density at radius 2 is 2.20 bits per heavy atom. The van der Waals surface area contributed by atoms with Gasteiger partial charge >= 0.3 is 13.1 Å². The van der Waals surface area contributed by atoms with Gasteiger partial charge in [0.1, 0.15) is 0 Å². The van der Waals surface area contributed by atoms with Gasteiger partial charge in [0.2, 0.25) is 5.13 Å². The third-order valence-corrected chi connectivity index (χ3v) is 3.76. The number of rotatable bonds is 7. The molecular weight excluding hydrogens is 355 g/mol. The van der Waals surface area contributed by atoms with E-state index in [1.165, 1.54) is 11.3 Å². The molecule has 0 amide bonds. The van der Waals surface area contributed by atoms with E-state index >= 15 is 0 Å². The van der Waals surface area contributed by atoms with Crippen LogP contribution in [0.2, 0.25) is 0 Å². The van der Waals surface area contributed by atoms with E-state index in [4.69, 9.17) is 14.8 Å². The fourth-order valence-corrected chi connectivity index (χ4v) is 2.49. The number of aromatic nitrogens is 1. The molecule has 0 aliphatic rings. The summed E-state index contributed by atoms with van der Waals surface area (Å²) in [5.74, 6) is -3.00. The first-order valence-electron chi connectivity index (χ1n) is 7.15. The van der Waals surface area contributed by atoms with Gasteiger partial charge in [-0.15, -0.1) is 11.3 Å². The molecule has 0 spiro atoms. The summed E-state index contributed by atoms with van der Waals surface area (Å²) in [7, 11) is -2.10. The third kappa shape index (κ3) is 5.05. The number of nitrogens with one attached hydrogen (secondary N) is 1. The second kappa shape index (κ2) is 8.65. The number of esters is 1. The molecule has 2 aromatic rings. The van der Waals surface area contributed by atoms with E-state index in [0.29, 0.717) is 10.8 Å². The average Bonchev–Trinajstić information content (AvgIpc) is 2.98. The number of carbonyl (C=O) groups is 1. The van der Waals surface area contributed by atoms with Crippen LogP contribution in [0.5, 0.6) is 0 Å². The van der Waals surface area contributed by atoms with Gasteiger partial charge in [-0.2, -0.15) is 5.10 Å². The number of thiazole rings is 1. The summed E-state index contributed by atoms with van der Waals surface area (Å²) in [6, 6.07) is 2.21. The van der Waals surface area contributed by atoms with E-state index in [9.17, 15) is 13.6 Å². The zero-order valence-electron chi connectivity index (χ0n) is 13.1. The van der Waals surface area contributed by atoms with Crippen molar-refractivity contribution in [3.63, 3.8) is 0 Å². The number of hydrazone groups is 1. The SMILES string of the molecule is CCOC(=O)Cc1csc(NN=Cc2ccc(B(O)O)c(F)c2F)n1. The minimum atomic E-state index is -2.10. The molecule has 1 aromatic heterocycles. The van der Waals surface area contributed by atoms with E-state index in [1.807, 2.05) is 0 Å². The Kier molecular flexibility index (Phi) is 6.56. The van der Waals surface area contributed by atoms with Crippen molar-refractivity contribution in [2.75, 3.05) is 12.0 Å². The van der Waals surface area contributed by atoms with Gasteiger partial charge < -0.3 is 14.8 Å². The van der Waals surface area contributed by atoms with Crippen LogP contribution in [0.25, 0.3) is 0 Å². The highest BCUT2D eigenvalue weighted by molar-refractivity contribution is 7.13. The van der Waals surface area contributed by atoms with Crippen molar-refractivity contribution in [3.05, 3.63) is 40.4 Å². The summed E-state index contributed by atoms with van der Waals surface area (Å²) in [5.41, 5.74) is 2.29. The molecule has 0 saturated carbocycles. The van der Waals surface area contributed by atoms with E-state index in [0.717, 1.165) is 18.3 Å². The Hall–Kier alpha value is -2.37. The van der Waals surface area contributed by atoms with E-state index < -0.39 is 30.2 Å². The zero-order chi connectivity index (χ0) is 18.4. The van der Waals surface area contributed by atoms with E-state index in [2.05, 4.69) is 15.5 Å². The number of hydrogen-bond acceptors (Lipinski definition) is 8. The summed E-state index contributed by atoms with van der Waals surface area (Å²) >= 11 is 1.18. The van der Waals surface area contributed by atoms with Gasteiger partial charge in [0.15, 0.2) is 11.6 Å². The number of carbonyl (C=O) groups excluding carboxylic acids is 1. The Bertz CT molecular complexity index is 785. The van der Waals surface area contributed by atoms with Crippen LogP contribution in [-0.2, 0) is 16.0 Å². The van der Waals surface area contributed by atoms with Gasteiger partial charge in [-0.1, -0.05) is 12.1 Å². The van der Waals surface area contributed by atoms with Crippen LogP contribution in [-0.4, -0.2) is 40.9 Å². The van der Waals surface area contributed by atoms with E-state index in [1.54, 1.807) is 12.3 Å². The van der Waals surface area contributed by atoms with Crippen molar-refractivity contribution >= 4 is 41.2 Å².